The van der Waals surface area contributed by atoms with Crippen molar-refractivity contribution in [2.75, 3.05) is 0 Å². The van der Waals surface area contributed by atoms with Gasteiger partial charge in [-0.15, -0.1) is 0 Å². The average Bonchev–Trinajstić information content (AvgIpc) is 2.59. The molecule has 2 nitrogen and oxygen atoms in total. The minimum absolute atomic E-state index is 0.0412. The molecule has 1 rings (SSSR count). The predicted molar refractivity (Wildman–Crippen MR) is 34.5 cm³/mol. The van der Waals surface area contributed by atoms with Gasteiger partial charge in [0.1, 0.15) is 0 Å². The van der Waals surface area contributed by atoms with Crippen LogP contribution in [0.25, 0.3) is 0 Å². The number of aliphatic carboxylic acids is 1. The van der Waals surface area contributed by atoms with Crippen LogP contribution in [0.4, 0.5) is 13.2 Å². The van der Waals surface area contributed by atoms with Crippen molar-refractivity contribution in [2.24, 2.45) is 11.8 Å². The van der Waals surface area contributed by atoms with Gasteiger partial charge in [0.25, 0.3) is 0 Å². The molecule has 1 fully saturated rings. The van der Waals surface area contributed by atoms with Gasteiger partial charge >= 0.3 is 12.1 Å². The van der Waals surface area contributed by atoms with Gasteiger partial charge in [-0.25, -0.2) is 0 Å². The van der Waals surface area contributed by atoms with Crippen molar-refractivity contribution in [2.45, 2.75) is 25.4 Å². The predicted octanol–water partition coefficient (Wildman–Crippen LogP) is 2.05. The summed E-state index contributed by atoms with van der Waals surface area (Å²) in [7, 11) is 0. The third-order valence-electron chi connectivity index (χ3n) is 2.04. The zero-order valence-electron chi connectivity index (χ0n) is 6.27. The lowest BCUT2D eigenvalue weighted by Gasteiger charge is -2.03. The molecular formula is C7H9F3O2. The van der Waals surface area contributed by atoms with E-state index in [1.807, 2.05) is 0 Å². The quantitative estimate of drug-likeness (QED) is 0.725. The lowest BCUT2D eigenvalue weighted by molar-refractivity contribution is -0.141. The fourth-order valence-electron chi connectivity index (χ4n) is 1.22. The zero-order valence-corrected chi connectivity index (χ0v) is 6.27. The van der Waals surface area contributed by atoms with Gasteiger partial charge in [0.15, 0.2) is 0 Å². The summed E-state index contributed by atoms with van der Waals surface area (Å²) < 4.78 is 34.9. The van der Waals surface area contributed by atoms with Crippen molar-refractivity contribution in [1.29, 1.82) is 0 Å². The number of hydrogen-bond donors (Lipinski definition) is 1. The molecule has 0 radical (unpaired) electrons. The molecule has 0 heterocycles. The van der Waals surface area contributed by atoms with Gasteiger partial charge in [-0.3, -0.25) is 4.79 Å². The molecule has 1 N–H and O–H groups in total. The Bertz CT molecular complexity index is 188. The molecule has 0 spiro atoms. The molecule has 12 heavy (non-hydrogen) atoms. The van der Waals surface area contributed by atoms with Crippen LogP contribution in [-0.4, -0.2) is 17.3 Å². The molecule has 0 aliphatic heterocycles. The normalized spacial score (nSPS) is 28.6. The third kappa shape index (κ3) is 2.71. The van der Waals surface area contributed by atoms with E-state index in [0.717, 1.165) is 0 Å². The lowest BCUT2D eigenvalue weighted by atomic mass is 10.2. The third-order valence-corrected chi connectivity index (χ3v) is 2.04. The van der Waals surface area contributed by atoms with E-state index >= 15 is 0 Å². The summed E-state index contributed by atoms with van der Waals surface area (Å²) in [6.45, 7) is 0. The van der Waals surface area contributed by atoms with Crippen LogP contribution in [0.1, 0.15) is 19.3 Å². The fraction of sp³-hybridized carbons (Fsp3) is 0.857. The van der Waals surface area contributed by atoms with Gasteiger partial charge in [-0.05, 0) is 18.8 Å². The van der Waals surface area contributed by atoms with Crippen LogP contribution < -0.4 is 0 Å². The highest BCUT2D eigenvalue weighted by molar-refractivity contribution is 5.73. The number of carbonyl (C=O) groups is 1. The minimum Gasteiger partial charge on any atom is -0.481 e. The second kappa shape index (κ2) is 2.95. The molecule has 0 aromatic carbocycles. The summed E-state index contributed by atoms with van der Waals surface area (Å²) in [5.41, 5.74) is 0. The number of halogens is 3. The maximum atomic E-state index is 11.6. The Morgan fingerprint density at radius 1 is 1.50 bits per heavy atom. The number of carboxylic acids is 1. The fourth-order valence-corrected chi connectivity index (χ4v) is 1.22. The number of rotatable bonds is 3. The van der Waals surface area contributed by atoms with Crippen LogP contribution in [0, 0.1) is 11.8 Å². The molecular weight excluding hydrogens is 173 g/mol. The summed E-state index contributed by atoms with van der Waals surface area (Å²) in [4.78, 5) is 10.2. The minimum atomic E-state index is -4.15. The molecule has 0 unspecified atom stereocenters. The monoisotopic (exact) mass is 182 g/mol. The molecule has 0 saturated heterocycles. The SMILES string of the molecule is O=C(O)[C@@H]1C[C@H]1CCC(F)(F)F. The summed E-state index contributed by atoms with van der Waals surface area (Å²) in [5, 5.41) is 8.37. The zero-order chi connectivity index (χ0) is 9.35. The standard InChI is InChI=1S/C7H9F3O2/c8-7(9,10)2-1-4-3-5(4)6(11)12/h4-5H,1-3H2,(H,11,12)/t4-,5-/m1/s1. The highest BCUT2D eigenvalue weighted by Gasteiger charge is 2.44. The Hall–Kier alpha value is -0.740. The smallest absolute Gasteiger partial charge is 0.389 e. The van der Waals surface area contributed by atoms with E-state index in [-0.39, 0.29) is 12.3 Å². The number of carboxylic acid groups (broad SMARTS) is 1. The first kappa shape index (κ1) is 9.35. The van der Waals surface area contributed by atoms with E-state index in [9.17, 15) is 18.0 Å². The van der Waals surface area contributed by atoms with Gasteiger partial charge in [0.05, 0.1) is 5.92 Å². The molecule has 5 heteroatoms. The van der Waals surface area contributed by atoms with E-state index in [4.69, 9.17) is 5.11 Å². The van der Waals surface area contributed by atoms with E-state index < -0.39 is 24.5 Å². The van der Waals surface area contributed by atoms with Crippen molar-refractivity contribution < 1.29 is 23.1 Å². The molecule has 1 aliphatic carbocycles. The van der Waals surface area contributed by atoms with E-state index in [2.05, 4.69) is 0 Å². The highest BCUT2D eigenvalue weighted by Crippen LogP contribution is 2.43. The Kier molecular flexibility index (Phi) is 2.30. The Balaban J connectivity index is 2.16. The maximum absolute atomic E-state index is 11.6. The van der Waals surface area contributed by atoms with Crippen molar-refractivity contribution >= 4 is 5.97 Å². The van der Waals surface area contributed by atoms with Gasteiger partial charge in [0.2, 0.25) is 0 Å². The van der Waals surface area contributed by atoms with Crippen molar-refractivity contribution in [3.63, 3.8) is 0 Å². The molecule has 0 aromatic heterocycles. The number of alkyl halides is 3. The molecule has 0 bridgehead atoms. The maximum Gasteiger partial charge on any atom is 0.389 e. The molecule has 1 saturated carbocycles. The van der Waals surface area contributed by atoms with Crippen LogP contribution in [0.3, 0.4) is 0 Å². The van der Waals surface area contributed by atoms with Crippen LogP contribution in [-0.2, 0) is 4.79 Å². The van der Waals surface area contributed by atoms with Crippen LogP contribution >= 0.6 is 0 Å². The number of hydrogen-bond acceptors (Lipinski definition) is 1. The highest BCUT2D eigenvalue weighted by atomic mass is 19.4. The average molecular weight is 182 g/mol. The van der Waals surface area contributed by atoms with Gasteiger partial charge in [-0.2, -0.15) is 13.2 Å². The summed E-state index contributed by atoms with van der Waals surface area (Å²) in [6.07, 6.45) is -4.64. The summed E-state index contributed by atoms with van der Waals surface area (Å²) >= 11 is 0. The molecule has 0 aromatic rings. The topological polar surface area (TPSA) is 37.3 Å². The van der Waals surface area contributed by atoms with E-state index in [0.29, 0.717) is 6.42 Å². The molecule has 1 aliphatic rings. The molecule has 70 valence electrons. The second-order valence-electron chi connectivity index (χ2n) is 3.09. The van der Waals surface area contributed by atoms with Gasteiger partial charge in [0, 0.05) is 6.42 Å². The summed E-state index contributed by atoms with van der Waals surface area (Å²) in [5.74, 6) is -1.74. The summed E-state index contributed by atoms with van der Waals surface area (Å²) in [6, 6.07) is 0. The van der Waals surface area contributed by atoms with E-state index in [1.54, 1.807) is 0 Å². The van der Waals surface area contributed by atoms with Crippen molar-refractivity contribution in [1.82, 2.24) is 0 Å². The molecule has 2 atom stereocenters. The Morgan fingerprint density at radius 3 is 2.42 bits per heavy atom. The van der Waals surface area contributed by atoms with Crippen LogP contribution in [0.2, 0.25) is 0 Å². The van der Waals surface area contributed by atoms with Crippen LogP contribution in [0.15, 0.2) is 0 Å². The van der Waals surface area contributed by atoms with Crippen LogP contribution in [0.5, 0.6) is 0 Å². The first-order valence-corrected chi connectivity index (χ1v) is 3.69. The van der Waals surface area contributed by atoms with E-state index in [1.165, 1.54) is 0 Å². The largest absolute Gasteiger partial charge is 0.481 e. The Morgan fingerprint density at radius 2 is 2.08 bits per heavy atom. The molecule has 0 amide bonds. The van der Waals surface area contributed by atoms with Crippen molar-refractivity contribution in [3.8, 4) is 0 Å². The Labute approximate surface area is 67.4 Å². The first-order chi connectivity index (χ1) is 5.40. The van der Waals surface area contributed by atoms with Crippen molar-refractivity contribution in [3.05, 3.63) is 0 Å². The first-order valence-electron chi connectivity index (χ1n) is 3.69. The second-order valence-corrected chi connectivity index (χ2v) is 3.09. The lowest BCUT2D eigenvalue weighted by Crippen LogP contribution is -2.08. The van der Waals surface area contributed by atoms with Gasteiger partial charge < -0.3 is 5.11 Å². The van der Waals surface area contributed by atoms with Gasteiger partial charge in [-0.1, -0.05) is 0 Å².